The van der Waals surface area contributed by atoms with Crippen LogP contribution in [0, 0.1) is 11.8 Å². The van der Waals surface area contributed by atoms with Crippen molar-refractivity contribution in [3.63, 3.8) is 0 Å². The lowest BCUT2D eigenvalue weighted by Crippen LogP contribution is -2.48. The average molecular weight is 320 g/mol. The quantitative estimate of drug-likeness (QED) is 0.688. The van der Waals surface area contributed by atoms with Crippen molar-refractivity contribution in [1.29, 1.82) is 0 Å². The summed E-state index contributed by atoms with van der Waals surface area (Å²) in [5.74, 6) is -0.286. The van der Waals surface area contributed by atoms with Crippen LogP contribution in [0.5, 0.6) is 0 Å². The standard InChI is InChI=1S/C14H28N2O4S/c1-4-12(5-2)10-15-21(18,19)16-9-7-8-13(11-16)14(17)20-6-3/h12-13,15H,4-11H2,1-3H3. The Bertz CT molecular complexity index is 421. The predicted octanol–water partition coefficient (Wildman–Crippen LogP) is 1.53. The van der Waals surface area contributed by atoms with Crippen LogP contribution in [0.3, 0.4) is 0 Å². The number of esters is 1. The van der Waals surface area contributed by atoms with E-state index >= 15 is 0 Å². The third-order valence-electron chi connectivity index (χ3n) is 4.05. The summed E-state index contributed by atoms with van der Waals surface area (Å²) in [6, 6.07) is 0. The number of nitrogens with one attached hydrogen (secondary N) is 1. The highest BCUT2D eigenvalue weighted by Crippen LogP contribution is 2.20. The van der Waals surface area contributed by atoms with Gasteiger partial charge in [0.2, 0.25) is 0 Å². The lowest BCUT2D eigenvalue weighted by molar-refractivity contribution is -0.149. The Balaban J connectivity index is 2.59. The van der Waals surface area contributed by atoms with Crippen molar-refractivity contribution >= 4 is 16.2 Å². The van der Waals surface area contributed by atoms with Gasteiger partial charge in [-0.25, -0.2) is 4.72 Å². The number of hydrogen-bond donors (Lipinski definition) is 1. The molecule has 0 spiro atoms. The van der Waals surface area contributed by atoms with Crippen LogP contribution in [0.2, 0.25) is 0 Å². The maximum Gasteiger partial charge on any atom is 0.310 e. The van der Waals surface area contributed by atoms with E-state index < -0.39 is 10.2 Å². The van der Waals surface area contributed by atoms with Gasteiger partial charge in [-0.1, -0.05) is 26.7 Å². The molecule has 1 aliphatic rings. The molecular formula is C14H28N2O4S. The Labute approximate surface area is 128 Å². The third kappa shape index (κ3) is 5.56. The van der Waals surface area contributed by atoms with Gasteiger partial charge < -0.3 is 4.74 Å². The minimum Gasteiger partial charge on any atom is -0.466 e. The normalized spacial score (nSPS) is 20.7. The van der Waals surface area contributed by atoms with Crippen LogP contribution in [0.1, 0.15) is 46.5 Å². The van der Waals surface area contributed by atoms with Crippen molar-refractivity contribution in [2.75, 3.05) is 26.2 Å². The minimum atomic E-state index is -3.50. The summed E-state index contributed by atoms with van der Waals surface area (Å²) in [6.07, 6.45) is 3.28. The number of hydrogen-bond acceptors (Lipinski definition) is 4. The summed E-state index contributed by atoms with van der Waals surface area (Å²) in [6.45, 7) is 7.34. The Kier molecular flexibility index (Phi) is 7.62. The molecule has 1 N–H and O–H groups in total. The van der Waals surface area contributed by atoms with Gasteiger partial charge in [-0.15, -0.1) is 0 Å². The first-order valence-corrected chi connectivity index (χ1v) is 9.29. The molecule has 0 amide bonds. The summed E-state index contributed by atoms with van der Waals surface area (Å²) in [5.41, 5.74) is 0. The van der Waals surface area contributed by atoms with E-state index in [1.165, 1.54) is 4.31 Å². The number of carbonyl (C=O) groups excluding carboxylic acids is 1. The van der Waals surface area contributed by atoms with Crippen molar-refractivity contribution in [1.82, 2.24) is 9.03 Å². The molecular weight excluding hydrogens is 292 g/mol. The average Bonchev–Trinajstić information content (AvgIpc) is 2.48. The zero-order chi connectivity index (χ0) is 15.9. The predicted molar refractivity (Wildman–Crippen MR) is 81.9 cm³/mol. The summed E-state index contributed by atoms with van der Waals surface area (Å²) in [5, 5.41) is 0. The van der Waals surface area contributed by atoms with Crippen LogP contribution in [0.15, 0.2) is 0 Å². The molecule has 0 aromatic carbocycles. The molecule has 0 aromatic heterocycles. The van der Waals surface area contributed by atoms with E-state index in [1.54, 1.807) is 6.92 Å². The highest BCUT2D eigenvalue weighted by atomic mass is 32.2. The first kappa shape index (κ1) is 18.4. The van der Waals surface area contributed by atoms with E-state index in [4.69, 9.17) is 4.74 Å². The molecule has 1 aliphatic heterocycles. The topological polar surface area (TPSA) is 75.7 Å². The molecule has 1 unspecified atom stereocenters. The summed E-state index contributed by atoms with van der Waals surface area (Å²) < 4.78 is 33.7. The van der Waals surface area contributed by atoms with Crippen molar-refractivity contribution in [2.24, 2.45) is 11.8 Å². The van der Waals surface area contributed by atoms with Crippen LogP contribution in [0.4, 0.5) is 0 Å². The molecule has 7 heteroatoms. The van der Waals surface area contributed by atoms with E-state index in [0.29, 0.717) is 38.5 Å². The zero-order valence-corrected chi connectivity index (χ0v) is 14.1. The summed E-state index contributed by atoms with van der Waals surface area (Å²) in [4.78, 5) is 11.8. The molecule has 1 saturated heterocycles. The Morgan fingerprint density at radius 2 is 2.00 bits per heavy atom. The fourth-order valence-electron chi connectivity index (χ4n) is 2.51. The first-order chi connectivity index (χ1) is 9.94. The monoisotopic (exact) mass is 320 g/mol. The summed E-state index contributed by atoms with van der Waals surface area (Å²) in [7, 11) is -3.50. The second kappa shape index (κ2) is 8.70. The van der Waals surface area contributed by atoms with Crippen molar-refractivity contribution in [3.8, 4) is 0 Å². The van der Waals surface area contributed by atoms with Crippen LogP contribution in [-0.2, 0) is 19.7 Å². The van der Waals surface area contributed by atoms with Gasteiger partial charge in [0.05, 0.1) is 12.5 Å². The number of carbonyl (C=O) groups is 1. The maximum absolute atomic E-state index is 12.3. The fraction of sp³-hybridized carbons (Fsp3) is 0.929. The number of ether oxygens (including phenoxy) is 1. The lowest BCUT2D eigenvalue weighted by Gasteiger charge is -2.31. The molecule has 0 aliphatic carbocycles. The van der Waals surface area contributed by atoms with Gasteiger partial charge in [-0.2, -0.15) is 12.7 Å². The van der Waals surface area contributed by atoms with Gasteiger partial charge in [0, 0.05) is 19.6 Å². The smallest absolute Gasteiger partial charge is 0.310 e. The third-order valence-corrected chi connectivity index (χ3v) is 5.60. The first-order valence-electron chi connectivity index (χ1n) is 7.85. The highest BCUT2D eigenvalue weighted by molar-refractivity contribution is 7.87. The van der Waals surface area contributed by atoms with E-state index in [0.717, 1.165) is 12.8 Å². The van der Waals surface area contributed by atoms with Crippen molar-refractivity contribution in [2.45, 2.75) is 46.5 Å². The number of piperidine rings is 1. The second-order valence-corrected chi connectivity index (χ2v) is 7.24. The number of rotatable bonds is 8. The minimum absolute atomic E-state index is 0.219. The van der Waals surface area contributed by atoms with Gasteiger partial charge in [0.25, 0.3) is 10.2 Å². The van der Waals surface area contributed by atoms with Gasteiger partial charge in [-0.3, -0.25) is 4.79 Å². The van der Waals surface area contributed by atoms with Crippen LogP contribution < -0.4 is 4.72 Å². The van der Waals surface area contributed by atoms with Crippen LogP contribution in [-0.4, -0.2) is 44.9 Å². The Morgan fingerprint density at radius 3 is 2.57 bits per heavy atom. The molecule has 1 fully saturated rings. The SMILES string of the molecule is CCOC(=O)C1CCCN(S(=O)(=O)NCC(CC)CC)C1. The van der Waals surface area contributed by atoms with E-state index in [2.05, 4.69) is 18.6 Å². The Morgan fingerprint density at radius 1 is 1.33 bits per heavy atom. The molecule has 0 radical (unpaired) electrons. The van der Waals surface area contributed by atoms with Crippen LogP contribution in [0.25, 0.3) is 0 Å². The molecule has 0 saturated carbocycles. The van der Waals surface area contributed by atoms with Gasteiger partial charge >= 0.3 is 5.97 Å². The molecule has 0 aromatic rings. The zero-order valence-electron chi connectivity index (χ0n) is 13.3. The fourth-order valence-corrected chi connectivity index (χ4v) is 3.88. The Hall–Kier alpha value is -0.660. The van der Waals surface area contributed by atoms with E-state index in [-0.39, 0.29) is 18.4 Å². The van der Waals surface area contributed by atoms with Gasteiger partial charge in [-0.05, 0) is 25.7 Å². The summed E-state index contributed by atoms with van der Waals surface area (Å²) >= 11 is 0. The lowest BCUT2D eigenvalue weighted by atomic mass is 10.0. The van der Waals surface area contributed by atoms with Gasteiger partial charge in [0.15, 0.2) is 0 Å². The largest absolute Gasteiger partial charge is 0.466 e. The highest BCUT2D eigenvalue weighted by Gasteiger charge is 2.33. The van der Waals surface area contributed by atoms with E-state index in [9.17, 15) is 13.2 Å². The maximum atomic E-state index is 12.3. The molecule has 1 rings (SSSR count). The van der Waals surface area contributed by atoms with Crippen LogP contribution >= 0.6 is 0 Å². The molecule has 21 heavy (non-hydrogen) atoms. The van der Waals surface area contributed by atoms with Crippen molar-refractivity contribution in [3.05, 3.63) is 0 Å². The molecule has 1 heterocycles. The molecule has 124 valence electrons. The number of nitrogens with zero attached hydrogens (tertiary/aromatic N) is 1. The van der Waals surface area contributed by atoms with Crippen molar-refractivity contribution < 1.29 is 17.9 Å². The molecule has 1 atom stereocenters. The van der Waals surface area contributed by atoms with Gasteiger partial charge in [0.1, 0.15) is 0 Å². The van der Waals surface area contributed by atoms with E-state index in [1.807, 2.05) is 0 Å². The molecule has 0 bridgehead atoms. The second-order valence-electron chi connectivity index (χ2n) is 5.49. The molecule has 6 nitrogen and oxygen atoms in total.